The summed E-state index contributed by atoms with van der Waals surface area (Å²) in [4.78, 5) is 36.0. The average Bonchev–Trinajstić information content (AvgIpc) is 3.66. The van der Waals surface area contributed by atoms with Gasteiger partial charge in [0.15, 0.2) is 17.7 Å². The van der Waals surface area contributed by atoms with Crippen molar-refractivity contribution in [1.29, 1.82) is 0 Å². The molecule has 214 valence electrons. The number of nitrogens with one attached hydrogen (secondary N) is 1. The van der Waals surface area contributed by atoms with Crippen LogP contribution in [0.15, 0.2) is 12.7 Å². The van der Waals surface area contributed by atoms with Gasteiger partial charge >= 0.3 is 19.8 Å². The number of urea groups is 1. The van der Waals surface area contributed by atoms with Gasteiger partial charge in [0.25, 0.3) is 0 Å². The molecule has 2 amide bonds. The number of phosphoric acid groups is 1. The Morgan fingerprint density at radius 3 is 2.95 bits per heavy atom. The van der Waals surface area contributed by atoms with Gasteiger partial charge in [-0.2, -0.15) is 0 Å². The number of hydrogen-bond acceptors (Lipinski definition) is 14. The number of primary amides is 1. The van der Waals surface area contributed by atoms with Crippen LogP contribution in [0.4, 0.5) is 10.6 Å². The number of unbranched alkanes of at least 4 members (excludes halogenated alkanes) is 1. The number of fused-ring (bicyclic) bond motifs is 2. The zero-order valence-electron chi connectivity index (χ0n) is 21.0. The van der Waals surface area contributed by atoms with Crippen LogP contribution in [0.1, 0.15) is 31.9 Å². The summed E-state index contributed by atoms with van der Waals surface area (Å²) in [5, 5.41) is 26.1. The molecule has 0 aliphatic carbocycles. The van der Waals surface area contributed by atoms with E-state index in [1.165, 1.54) is 17.2 Å². The molecule has 7 N–H and O–H groups in total. The highest BCUT2D eigenvalue weighted by molar-refractivity contribution is 8.00. The average molecular weight is 589 g/mol. The zero-order valence-corrected chi connectivity index (χ0v) is 22.7. The standard InChI is InChI=1S/C21H30N7O9PS/c1-34-38(33,37-13(29)5-3-2-4-12-14-10(7-39-12)26-21(32)27-14)35-6-11-16(30)17(31)20(36-11)28-9-25-15-18(22)23-8-24-19(15)28/h8-12,14,16-17,20,30-31H,2-7H2,1H3,(H2,22,23,24)(H2,26,27,32)/p+1. The number of nitrogen functional groups attached to an aromatic ring is 1. The van der Waals surface area contributed by atoms with Crippen molar-refractivity contribution in [3.05, 3.63) is 12.7 Å². The summed E-state index contributed by atoms with van der Waals surface area (Å²) in [6.07, 6.45) is -0.430. The zero-order chi connectivity index (χ0) is 27.7. The molecule has 2 aromatic heterocycles. The first-order chi connectivity index (χ1) is 18.7. The van der Waals surface area contributed by atoms with E-state index >= 15 is 0 Å². The van der Waals surface area contributed by atoms with Gasteiger partial charge in [-0.25, -0.2) is 24.3 Å². The molecule has 2 aromatic rings. The number of rotatable bonds is 11. The molecule has 39 heavy (non-hydrogen) atoms. The van der Waals surface area contributed by atoms with E-state index in [1.807, 2.05) is 11.8 Å². The fourth-order valence-corrected chi connectivity index (χ4v) is 7.44. The van der Waals surface area contributed by atoms with Gasteiger partial charge in [-0.3, -0.25) is 29.0 Å². The molecule has 5 heterocycles. The van der Waals surface area contributed by atoms with E-state index in [0.29, 0.717) is 17.2 Å². The fourth-order valence-electron chi connectivity index (χ4n) is 4.96. The Hall–Kier alpha value is -2.37. The Morgan fingerprint density at radius 1 is 1.33 bits per heavy atom. The number of phosphoric ester groups is 1. The maximum Gasteiger partial charge on any atom is 0.532 e. The van der Waals surface area contributed by atoms with E-state index < -0.39 is 44.9 Å². The number of nitrogens with two attached hydrogens (primary N) is 2. The number of aliphatic hydroxyl groups excluding tert-OH is 2. The molecular weight excluding hydrogens is 557 g/mol. The number of nitrogens with zero attached hydrogens (tertiary/aromatic N) is 4. The minimum absolute atomic E-state index is 0.00269. The summed E-state index contributed by atoms with van der Waals surface area (Å²) in [6.45, 7) is -0.499. The molecule has 18 heteroatoms. The third-order valence-electron chi connectivity index (χ3n) is 6.99. The van der Waals surface area contributed by atoms with Crippen LogP contribution in [0.3, 0.4) is 0 Å². The van der Waals surface area contributed by atoms with Gasteiger partial charge in [-0.05, 0) is 12.8 Å². The van der Waals surface area contributed by atoms with Crippen LogP contribution >= 0.6 is 19.6 Å². The summed E-state index contributed by atoms with van der Waals surface area (Å²) in [5.41, 5.74) is 6.38. The van der Waals surface area contributed by atoms with Gasteiger partial charge < -0.3 is 25.2 Å². The Bertz CT molecular complexity index is 1270. The molecule has 3 aliphatic heterocycles. The van der Waals surface area contributed by atoms with Gasteiger partial charge in [0.05, 0.1) is 19.0 Å². The molecule has 3 saturated heterocycles. The van der Waals surface area contributed by atoms with Gasteiger partial charge in [0, 0.05) is 24.5 Å². The van der Waals surface area contributed by atoms with Crippen LogP contribution in [0.5, 0.6) is 0 Å². The molecule has 8 atom stereocenters. The molecule has 8 unspecified atom stereocenters. The van der Waals surface area contributed by atoms with Crippen LogP contribution in [0.25, 0.3) is 11.2 Å². The second-order valence-electron chi connectivity index (χ2n) is 9.50. The minimum atomic E-state index is -4.31. The number of hydrogen-bond donors (Lipinski definition) is 5. The van der Waals surface area contributed by atoms with Gasteiger partial charge in [0.2, 0.25) is 0 Å². The van der Waals surface area contributed by atoms with Crippen molar-refractivity contribution in [3.63, 3.8) is 0 Å². The maximum absolute atomic E-state index is 12.9. The van der Waals surface area contributed by atoms with Crippen molar-refractivity contribution < 1.29 is 48.0 Å². The molecule has 0 radical (unpaired) electrons. The van der Waals surface area contributed by atoms with Gasteiger partial charge in [0.1, 0.15) is 36.2 Å². The first kappa shape index (κ1) is 28.2. The Kier molecular flexibility index (Phi) is 8.40. The lowest BCUT2D eigenvalue weighted by molar-refractivity contribution is -0.575. The highest BCUT2D eigenvalue weighted by atomic mass is 32.2. The Balaban J connectivity index is 1.09. The first-order valence-electron chi connectivity index (χ1n) is 12.4. The summed E-state index contributed by atoms with van der Waals surface area (Å²) in [7, 11) is -3.24. The number of thioether (sulfide) groups is 1. The van der Waals surface area contributed by atoms with Gasteiger partial charge in [-0.1, -0.05) is 6.42 Å². The topological polar surface area (TPSA) is 227 Å². The number of anilines is 1. The normalized spacial score (nSPS) is 31.8. The van der Waals surface area contributed by atoms with Crippen molar-refractivity contribution >= 4 is 48.6 Å². The molecule has 0 bridgehead atoms. The van der Waals surface area contributed by atoms with Crippen molar-refractivity contribution in [2.45, 2.75) is 67.6 Å². The van der Waals surface area contributed by atoms with Crippen LogP contribution in [-0.2, 0) is 27.7 Å². The molecule has 0 aromatic carbocycles. The minimum Gasteiger partial charge on any atom is -0.387 e. The second kappa shape index (κ2) is 11.6. The van der Waals surface area contributed by atoms with Crippen LogP contribution in [-0.4, -0.2) is 96.8 Å². The van der Waals surface area contributed by atoms with E-state index in [-0.39, 0.29) is 36.0 Å². The summed E-state index contributed by atoms with van der Waals surface area (Å²) in [6, 6.07) is 0.375. The van der Waals surface area contributed by atoms with Crippen molar-refractivity contribution in [3.8, 4) is 0 Å². The lowest BCUT2D eigenvalue weighted by Gasteiger charge is -2.19. The van der Waals surface area contributed by atoms with Crippen LogP contribution in [0.2, 0.25) is 0 Å². The fraction of sp³-hybridized carbons (Fsp3) is 0.667. The predicted octanol–water partition coefficient (Wildman–Crippen LogP) is -0.958. The van der Waals surface area contributed by atoms with E-state index in [2.05, 4.69) is 20.3 Å². The molecule has 0 spiro atoms. The second-order valence-corrected chi connectivity index (χ2v) is 12.5. The highest BCUT2D eigenvalue weighted by Crippen LogP contribution is 2.50. The molecule has 0 saturated carbocycles. The van der Waals surface area contributed by atoms with E-state index in [1.54, 1.807) is 5.32 Å². The number of imidazole rings is 1. The van der Waals surface area contributed by atoms with E-state index in [9.17, 15) is 24.4 Å². The third-order valence-corrected chi connectivity index (χ3v) is 9.87. The molecule has 3 fully saturated rings. The van der Waals surface area contributed by atoms with Crippen molar-refractivity contribution in [2.75, 3.05) is 25.2 Å². The number of carbonyl (C=O) groups is 2. The van der Waals surface area contributed by atoms with E-state index in [0.717, 1.165) is 25.7 Å². The first-order valence-corrected chi connectivity index (χ1v) is 14.9. The SMILES string of the molecule is COP(=O)(OCC1OC(n2cnc3c(N)ncnc32)C(O)C1O)OC(=O)CCCCC1SCC2[NH2+]C(=O)NC21. The third kappa shape index (κ3) is 5.90. The summed E-state index contributed by atoms with van der Waals surface area (Å²) < 4.78 is 35.1. The number of carbonyl (C=O) groups excluding carboxylic acids is 2. The lowest BCUT2D eigenvalue weighted by atomic mass is 10.0. The Morgan fingerprint density at radius 2 is 2.15 bits per heavy atom. The molecule has 3 aliphatic rings. The highest BCUT2D eigenvalue weighted by Gasteiger charge is 2.47. The van der Waals surface area contributed by atoms with Crippen molar-refractivity contribution in [2.24, 2.45) is 0 Å². The molecule has 5 rings (SSSR count). The number of aromatic nitrogens is 4. The lowest BCUT2D eigenvalue weighted by Crippen LogP contribution is -2.91. The molecular formula is C21H31N7O9PS+. The monoisotopic (exact) mass is 588 g/mol. The summed E-state index contributed by atoms with van der Waals surface area (Å²) >= 11 is 1.81. The number of ether oxygens (including phenoxy) is 1. The van der Waals surface area contributed by atoms with Crippen LogP contribution < -0.4 is 16.4 Å². The number of amides is 2. The summed E-state index contributed by atoms with van der Waals surface area (Å²) in [5.74, 6) is 0.290. The predicted molar refractivity (Wildman–Crippen MR) is 135 cm³/mol. The van der Waals surface area contributed by atoms with E-state index in [4.69, 9.17) is 24.0 Å². The van der Waals surface area contributed by atoms with Crippen molar-refractivity contribution in [1.82, 2.24) is 24.8 Å². The Labute approximate surface area is 226 Å². The number of quaternary nitrogens is 1. The maximum atomic E-state index is 12.9. The quantitative estimate of drug-likeness (QED) is 0.121. The number of aliphatic hydroxyl groups is 2. The van der Waals surface area contributed by atoms with Gasteiger partial charge in [-0.15, -0.1) is 11.8 Å². The largest absolute Gasteiger partial charge is 0.532 e. The van der Waals surface area contributed by atoms with Crippen LogP contribution in [0, 0.1) is 0 Å². The smallest absolute Gasteiger partial charge is 0.387 e. The molecule has 16 nitrogen and oxygen atoms in total.